The predicted molar refractivity (Wildman–Crippen MR) is 234 cm³/mol. The first-order valence-corrected chi connectivity index (χ1v) is 18.9. The molecule has 0 aliphatic rings. The quantitative estimate of drug-likeness (QED) is 0.163. The zero-order chi connectivity index (χ0) is 35.1. The van der Waals surface area contributed by atoms with E-state index in [1.807, 2.05) is 0 Å². The van der Waals surface area contributed by atoms with Gasteiger partial charge in [0.15, 0.2) is 0 Å². The van der Waals surface area contributed by atoms with Gasteiger partial charge in [-0.1, -0.05) is 133 Å². The lowest BCUT2D eigenvalue weighted by Crippen LogP contribution is -1.89. The molecule has 0 aromatic heterocycles. The van der Waals surface area contributed by atoms with Crippen LogP contribution in [0.2, 0.25) is 0 Å². The Labute approximate surface area is 311 Å². The molecule has 0 radical (unpaired) electrons. The van der Waals surface area contributed by atoms with Gasteiger partial charge in [-0.2, -0.15) is 0 Å². The lowest BCUT2D eigenvalue weighted by molar-refractivity contribution is 1.63. The molecule has 0 saturated carbocycles. The normalized spacial score (nSPS) is 12.4. The zero-order valence-corrected chi connectivity index (χ0v) is 29.3. The summed E-state index contributed by atoms with van der Waals surface area (Å²) in [7, 11) is 0. The molecule has 0 N–H and O–H groups in total. The molecule has 246 valence electrons. The van der Waals surface area contributed by atoms with Crippen LogP contribution in [-0.2, 0) is 0 Å². The number of rotatable bonds is 3. The van der Waals surface area contributed by atoms with E-state index >= 15 is 0 Å². The van der Waals surface area contributed by atoms with Crippen LogP contribution in [0.3, 0.4) is 0 Å². The van der Waals surface area contributed by atoms with Gasteiger partial charge in [-0.05, 0) is 179 Å². The molecule has 0 nitrogen and oxygen atoms in total. The molecule has 0 bridgehead atoms. The van der Waals surface area contributed by atoms with Gasteiger partial charge in [0.2, 0.25) is 0 Å². The molecular formula is C54H30. The molecule has 0 unspecified atom stereocenters. The monoisotopic (exact) mass is 678 g/mol. The fourth-order valence-electron chi connectivity index (χ4n) is 9.87. The lowest BCUT2D eigenvalue weighted by Gasteiger charge is -2.16. The smallest absolute Gasteiger partial charge is 0.00264 e. The second kappa shape index (κ2) is 10.3. The highest BCUT2D eigenvalue weighted by Gasteiger charge is 2.15. The minimum Gasteiger partial charge on any atom is -0.0610 e. The van der Waals surface area contributed by atoms with Crippen LogP contribution in [0.1, 0.15) is 0 Å². The minimum atomic E-state index is 1.23. The van der Waals surface area contributed by atoms with Gasteiger partial charge in [-0.3, -0.25) is 0 Å². The Balaban J connectivity index is 0.889. The minimum absolute atomic E-state index is 1.23. The van der Waals surface area contributed by atoms with Crippen molar-refractivity contribution < 1.29 is 0 Å². The van der Waals surface area contributed by atoms with Crippen molar-refractivity contribution in [1.29, 1.82) is 0 Å². The fraction of sp³-hybridized carbons (Fsp3) is 0. The van der Waals surface area contributed by atoms with Gasteiger partial charge >= 0.3 is 0 Å². The number of hydrogen-bond acceptors (Lipinski definition) is 0. The van der Waals surface area contributed by atoms with Gasteiger partial charge < -0.3 is 0 Å². The summed E-state index contributed by atoms with van der Waals surface area (Å²) in [5.74, 6) is 0. The second-order valence-electron chi connectivity index (χ2n) is 15.3. The van der Waals surface area contributed by atoms with Crippen LogP contribution in [0.4, 0.5) is 0 Å². The molecule has 0 spiro atoms. The highest BCUT2D eigenvalue weighted by atomic mass is 14.2. The van der Waals surface area contributed by atoms with Crippen LogP contribution in [0, 0.1) is 0 Å². The maximum atomic E-state index is 2.39. The maximum absolute atomic E-state index is 2.39. The Morgan fingerprint density at radius 2 is 0.333 bits per heavy atom. The van der Waals surface area contributed by atoms with Crippen LogP contribution < -0.4 is 0 Å². The van der Waals surface area contributed by atoms with E-state index in [-0.39, 0.29) is 0 Å². The SMILES string of the molecule is c1cc2ccc3cc(-c4ccc(-c5cc6ccc7cc(-c8cc9ccc%10cccc%11ccc(c8)c9c%10%11)cc8ccc(c5)c6c78)cc4)cc4ccc(c1)c2c34. The summed E-state index contributed by atoms with van der Waals surface area (Å²) in [5, 5.41) is 23.7. The van der Waals surface area contributed by atoms with Crippen molar-refractivity contribution in [3.63, 3.8) is 0 Å². The van der Waals surface area contributed by atoms with Crippen LogP contribution >= 0.6 is 0 Å². The van der Waals surface area contributed by atoms with Gasteiger partial charge in [0.25, 0.3) is 0 Å². The Hall–Kier alpha value is -7.02. The summed E-state index contributed by atoms with van der Waals surface area (Å²) in [6.45, 7) is 0. The first kappa shape index (κ1) is 28.6. The molecule has 13 rings (SSSR count). The first-order valence-electron chi connectivity index (χ1n) is 18.9. The maximum Gasteiger partial charge on any atom is -0.00264 e. The third-order valence-corrected chi connectivity index (χ3v) is 12.3. The first-order chi connectivity index (χ1) is 26.7. The van der Waals surface area contributed by atoms with Gasteiger partial charge in [0, 0.05) is 0 Å². The van der Waals surface area contributed by atoms with E-state index < -0.39 is 0 Å². The fourth-order valence-corrected chi connectivity index (χ4v) is 9.87. The highest BCUT2D eigenvalue weighted by molar-refractivity contribution is 6.27. The van der Waals surface area contributed by atoms with Crippen LogP contribution in [0.15, 0.2) is 182 Å². The van der Waals surface area contributed by atoms with Crippen LogP contribution in [0.25, 0.3) is 130 Å². The van der Waals surface area contributed by atoms with E-state index in [0.717, 1.165) is 0 Å². The van der Waals surface area contributed by atoms with Gasteiger partial charge in [-0.25, -0.2) is 0 Å². The molecule has 13 aromatic rings. The van der Waals surface area contributed by atoms with Crippen molar-refractivity contribution in [2.24, 2.45) is 0 Å². The Kier molecular flexibility index (Phi) is 5.45. The summed E-state index contributed by atoms with van der Waals surface area (Å²) in [4.78, 5) is 0. The summed E-state index contributed by atoms with van der Waals surface area (Å²) in [5.41, 5.74) is 7.50. The van der Waals surface area contributed by atoms with Gasteiger partial charge in [0.1, 0.15) is 0 Å². The van der Waals surface area contributed by atoms with Crippen molar-refractivity contribution in [2.45, 2.75) is 0 Å². The standard InChI is InChI=1S/C54H30/c1-3-33-11-15-37-23-45(24-38-16-12-34(4-1)49(33)51(37)38)31-7-9-32(10-8-31)46-25-41-19-21-43-29-48(30-44-22-20-42(26-46)53(41)54(43)44)47-27-39-17-13-35-5-2-6-36-14-18-40(28-47)52(39)50(35)36/h1-30H. The largest absolute Gasteiger partial charge is 0.0610 e. The molecule has 54 heavy (non-hydrogen) atoms. The average Bonchev–Trinajstić information content (AvgIpc) is 3.23. The van der Waals surface area contributed by atoms with E-state index in [1.165, 1.54) is 130 Å². The molecule has 0 aliphatic carbocycles. The van der Waals surface area contributed by atoms with E-state index in [2.05, 4.69) is 182 Å². The van der Waals surface area contributed by atoms with E-state index in [1.54, 1.807) is 0 Å². The summed E-state index contributed by atoms with van der Waals surface area (Å²) in [6.07, 6.45) is 0. The molecule has 0 fully saturated rings. The number of hydrogen-bond donors (Lipinski definition) is 0. The van der Waals surface area contributed by atoms with Gasteiger partial charge in [-0.15, -0.1) is 0 Å². The highest BCUT2D eigenvalue weighted by Crippen LogP contribution is 2.43. The molecular weight excluding hydrogens is 649 g/mol. The molecule has 0 heteroatoms. The summed E-state index contributed by atoms with van der Waals surface area (Å²) < 4.78 is 0. The molecule has 0 amide bonds. The van der Waals surface area contributed by atoms with Crippen molar-refractivity contribution in [3.8, 4) is 33.4 Å². The van der Waals surface area contributed by atoms with E-state index in [9.17, 15) is 0 Å². The zero-order valence-electron chi connectivity index (χ0n) is 29.3. The molecule has 0 heterocycles. The van der Waals surface area contributed by atoms with Crippen molar-refractivity contribution in [3.05, 3.63) is 182 Å². The Bertz CT molecular complexity index is 3450. The summed E-state index contributed by atoms with van der Waals surface area (Å²) in [6, 6.07) is 68.8. The van der Waals surface area contributed by atoms with E-state index in [0.29, 0.717) is 0 Å². The lowest BCUT2D eigenvalue weighted by atomic mass is 9.88. The Morgan fingerprint density at radius 3 is 0.574 bits per heavy atom. The average molecular weight is 679 g/mol. The Morgan fingerprint density at radius 1 is 0.148 bits per heavy atom. The molecule has 0 atom stereocenters. The summed E-state index contributed by atoms with van der Waals surface area (Å²) >= 11 is 0. The van der Waals surface area contributed by atoms with Crippen molar-refractivity contribution in [1.82, 2.24) is 0 Å². The van der Waals surface area contributed by atoms with Crippen molar-refractivity contribution >= 4 is 97.0 Å². The molecule has 0 saturated heterocycles. The number of benzene rings is 13. The third kappa shape index (κ3) is 3.92. The van der Waals surface area contributed by atoms with E-state index in [4.69, 9.17) is 0 Å². The van der Waals surface area contributed by atoms with Crippen molar-refractivity contribution in [2.75, 3.05) is 0 Å². The molecule has 13 aromatic carbocycles. The van der Waals surface area contributed by atoms with Crippen LogP contribution in [0.5, 0.6) is 0 Å². The second-order valence-corrected chi connectivity index (χ2v) is 15.3. The van der Waals surface area contributed by atoms with Gasteiger partial charge in [0.05, 0.1) is 0 Å². The topological polar surface area (TPSA) is 0 Å². The predicted octanol–water partition coefficient (Wildman–Crippen LogP) is 15.4. The third-order valence-electron chi connectivity index (χ3n) is 12.3. The molecule has 0 aliphatic heterocycles. The van der Waals surface area contributed by atoms with Crippen LogP contribution in [-0.4, -0.2) is 0 Å².